The van der Waals surface area contributed by atoms with Gasteiger partial charge in [0.1, 0.15) is 16.4 Å². The number of methoxy groups -OCH3 is 1. The van der Waals surface area contributed by atoms with Gasteiger partial charge in [-0.2, -0.15) is 0 Å². The van der Waals surface area contributed by atoms with E-state index in [4.69, 9.17) is 9.47 Å². The van der Waals surface area contributed by atoms with Crippen molar-refractivity contribution in [1.82, 2.24) is 9.88 Å². The van der Waals surface area contributed by atoms with Crippen LogP contribution in [0.2, 0.25) is 0 Å². The molecule has 3 aromatic rings. The van der Waals surface area contributed by atoms with E-state index in [1.165, 1.54) is 13.2 Å². The van der Waals surface area contributed by atoms with Crippen LogP contribution in [0.1, 0.15) is 25.7 Å². The summed E-state index contributed by atoms with van der Waals surface area (Å²) in [6.07, 6.45) is 1.66. The number of amides is 2. The maximum absolute atomic E-state index is 14.2. The predicted molar refractivity (Wildman–Crippen MR) is 101 cm³/mol. The molecule has 9 heteroatoms. The molecular weight excluding hydrogens is 387 g/mol. The second-order valence-corrected chi connectivity index (χ2v) is 6.97. The highest BCUT2D eigenvalue weighted by Crippen LogP contribution is 2.34. The van der Waals surface area contributed by atoms with Gasteiger partial charge in [0.15, 0.2) is 6.61 Å². The van der Waals surface area contributed by atoms with Crippen LogP contribution in [0.5, 0.6) is 0 Å². The molecule has 7 nitrogen and oxygen atoms in total. The highest BCUT2D eigenvalue weighted by Gasteiger charge is 2.23. The minimum Gasteiger partial charge on any atom is -0.451 e. The molecule has 0 saturated heterocycles. The number of nitrogens with zero attached hydrogens (tertiary/aromatic N) is 1. The number of imide groups is 1. The zero-order chi connectivity index (χ0) is 20.3. The summed E-state index contributed by atoms with van der Waals surface area (Å²) in [5.74, 6) is -2.61. The lowest BCUT2D eigenvalue weighted by molar-refractivity contribution is -0.123. The summed E-state index contributed by atoms with van der Waals surface area (Å²) in [7, 11) is 3.10. The zero-order valence-electron chi connectivity index (χ0n) is 15.2. The maximum Gasteiger partial charge on any atom is 0.349 e. The number of esters is 1. The summed E-state index contributed by atoms with van der Waals surface area (Å²) in [5, 5.41) is 2.44. The summed E-state index contributed by atoms with van der Waals surface area (Å²) >= 11 is 1.06. The molecule has 0 unspecified atom stereocenters. The Hall–Kier alpha value is -3.04. The highest BCUT2D eigenvalue weighted by atomic mass is 32.1. The number of nitrogens with one attached hydrogen (secondary N) is 1. The molecule has 2 aromatic heterocycles. The lowest BCUT2D eigenvalue weighted by atomic mass is 10.1. The molecule has 2 heterocycles. The molecule has 0 atom stereocenters. The van der Waals surface area contributed by atoms with Gasteiger partial charge >= 0.3 is 5.97 Å². The molecule has 1 aromatic carbocycles. The predicted octanol–water partition coefficient (Wildman–Crippen LogP) is 2.64. The Bertz CT molecular complexity index is 1060. The van der Waals surface area contributed by atoms with E-state index in [9.17, 15) is 18.8 Å². The number of aryl methyl sites for hydroxylation is 1. The van der Waals surface area contributed by atoms with Gasteiger partial charge in [0.25, 0.3) is 11.8 Å². The van der Waals surface area contributed by atoms with Gasteiger partial charge < -0.3 is 14.0 Å². The number of fused-ring (bicyclic) bond motifs is 1. The summed E-state index contributed by atoms with van der Waals surface area (Å²) in [6, 6.07) is 7.74. The largest absolute Gasteiger partial charge is 0.451 e. The van der Waals surface area contributed by atoms with Crippen LogP contribution in [0.4, 0.5) is 4.39 Å². The molecule has 0 fully saturated rings. The van der Waals surface area contributed by atoms with Gasteiger partial charge in [-0.05, 0) is 24.3 Å². The molecule has 28 heavy (non-hydrogen) atoms. The van der Waals surface area contributed by atoms with E-state index in [1.807, 2.05) is 0 Å². The van der Waals surface area contributed by atoms with Crippen molar-refractivity contribution >= 4 is 39.2 Å². The fourth-order valence-electron chi connectivity index (χ4n) is 2.73. The maximum atomic E-state index is 14.2. The third-order valence-corrected chi connectivity index (χ3v) is 5.18. The first kappa shape index (κ1) is 19.7. The molecule has 0 saturated carbocycles. The number of benzene rings is 1. The lowest BCUT2D eigenvalue weighted by Gasteiger charge is -2.07. The third kappa shape index (κ3) is 3.95. The molecule has 2 amide bonds. The summed E-state index contributed by atoms with van der Waals surface area (Å²) in [6.45, 7) is -0.623. The van der Waals surface area contributed by atoms with Crippen molar-refractivity contribution in [2.45, 2.75) is 6.61 Å². The summed E-state index contributed by atoms with van der Waals surface area (Å²) < 4.78 is 26.4. The quantitative estimate of drug-likeness (QED) is 0.639. The number of thiophene rings is 1. The molecule has 3 rings (SSSR count). The zero-order valence-corrected chi connectivity index (χ0v) is 16.0. The molecule has 0 aliphatic heterocycles. The number of rotatable bonds is 6. The van der Waals surface area contributed by atoms with Gasteiger partial charge in [0.2, 0.25) is 0 Å². The number of ether oxygens (including phenoxy) is 2. The smallest absolute Gasteiger partial charge is 0.349 e. The van der Waals surface area contributed by atoms with Crippen molar-refractivity contribution in [2.75, 3.05) is 13.7 Å². The van der Waals surface area contributed by atoms with Crippen molar-refractivity contribution in [3.63, 3.8) is 0 Å². The van der Waals surface area contributed by atoms with Crippen LogP contribution >= 0.6 is 11.3 Å². The van der Waals surface area contributed by atoms with Crippen molar-refractivity contribution < 1.29 is 28.2 Å². The molecule has 0 bridgehead atoms. The highest BCUT2D eigenvalue weighted by molar-refractivity contribution is 7.21. The van der Waals surface area contributed by atoms with E-state index in [0.717, 1.165) is 11.3 Å². The Morgan fingerprint density at radius 3 is 2.68 bits per heavy atom. The van der Waals surface area contributed by atoms with E-state index in [0.29, 0.717) is 21.3 Å². The number of halogens is 1. The van der Waals surface area contributed by atoms with E-state index in [1.54, 1.807) is 42.1 Å². The van der Waals surface area contributed by atoms with Gasteiger partial charge in [-0.25, -0.2) is 9.18 Å². The van der Waals surface area contributed by atoms with Crippen LogP contribution in [-0.2, 0) is 27.9 Å². The number of carbonyl (C=O) groups is 3. The molecule has 146 valence electrons. The Kier molecular flexibility index (Phi) is 5.86. The van der Waals surface area contributed by atoms with Crippen LogP contribution in [0.15, 0.2) is 36.5 Å². The monoisotopic (exact) mass is 404 g/mol. The van der Waals surface area contributed by atoms with E-state index < -0.39 is 30.2 Å². The Morgan fingerprint density at radius 1 is 1.21 bits per heavy atom. The Morgan fingerprint density at radius 2 is 2.00 bits per heavy atom. The first-order chi connectivity index (χ1) is 13.4. The van der Waals surface area contributed by atoms with Crippen molar-refractivity contribution in [2.24, 2.45) is 7.05 Å². The number of hydrogen-bond donors (Lipinski definition) is 1. The minimum atomic E-state index is -0.783. The average molecular weight is 404 g/mol. The third-order valence-electron chi connectivity index (χ3n) is 4.00. The van der Waals surface area contributed by atoms with Gasteiger partial charge in [0, 0.05) is 36.0 Å². The SMILES string of the molecule is COCc1c(C(=O)OCC(=O)NC(=O)c2cccn2C)sc2cccc(F)c12. The second kappa shape index (κ2) is 8.32. The summed E-state index contributed by atoms with van der Waals surface area (Å²) in [4.78, 5) is 36.5. The molecular formula is C19H17FN2O5S. The first-order valence-corrected chi connectivity index (χ1v) is 9.05. The number of carbonyl (C=O) groups excluding carboxylic acids is 3. The average Bonchev–Trinajstić information content (AvgIpc) is 3.25. The van der Waals surface area contributed by atoms with Crippen LogP contribution in [-0.4, -0.2) is 36.1 Å². The van der Waals surface area contributed by atoms with Crippen molar-refractivity contribution in [1.29, 1.82) is 0 Å². The molecule has 1 N–H and O–H groups in total. The van der Waals surface area contributed by atoms with Gasteiger partial charge in [-0.1, -0.05) is 6.07 Å². The van der Waals surface area contributed by atoms with Crippen LogP contribution < -0.4 is 5.32 Å². The fourth-order valence-corrected chi connectivity index (χ4v) is 3.85. The second-order valence-electron chi connectivity index (χ2n) is 5.91. The molecule has 0 spiro atoms. The van der Waals surface area contributed by atoms with E-state index in [-0.39, 0.29) is 11.5 Å². The topological polar surface area (TPSA) is 86.6 Å². The van der Waals surface area contributed by atoms with Gasteiger partial charge in [0.05, 0.1) is 6.61 Å². The van der Waals surface area contributed by atoms with Crippen molar-refractivity contribution in [3.8, 4) is 0 Å². The summed E-state index contributed by atoms with van der Waals surface area (Å²) in [5.41, 5.74) is 0.660. The van der Waals surface area contributed by atoms with Crippen LogP contribution in [0.3, 0.4) is 0 Å². The number of aromatic nitrogens is 1. The standard InChI is InChI=1S/C19H17FN2O5S/c1-22-8-4-6-13(22)18(24)21-15(23)10-27-19(25)17-11(9-26-2)16-12(20)5-3-7-14(16)28-17/h3-8H,9-10H2,1-2H3,(H,21,23,24). The first-order valence-electron chi connectivity index (χ1n) is 8.23. The Labute approximate surface area is 163 Å². The lowest BCUT2D eigenvalue weighted by Crippen LogP contribution is -2.35. The molecule has 0 aliphatic rings. The van der Waals surface area contributed by atoms with E-state index >= 15 is 0 Å². The minimum absolute atomic E-state index is 0.0174. The Balaban J connectivity index is 1.70. The fraction of sp³-hybridized carbons (Fsp3) is 0.211. The van der Waals surface area contributed by atoms with Crippen LogP contribution in [0, 0.1) is 5.82 Å². The van der Waals surface area contributed by atoms with Gasteiger partial charge in [-0.15, -0.1) is 11.3 Å². The molecule has 0 aliphatic carbocycles. The van der Waals surface area contributed by atoms with Crippen LogP contribution in [0.25, 0.3) is 10.1 Å². The van der Waals surface area contributed by atoms with Crippen molar-refractivity contribution in [3.05, 3.63) is 58.5 Å². The van der Waals surface area contributed by atoms with Gasteiger partial charge in [-0.3, -0.25) is 14.9 Å². The number of hydrogen-bond acceptors (Lipinski definition) is 6. The van der Waals surface area contributed by atoms with E-state index in [2.05, 4.69) is 5.32 Å². The molecule has 0 radical (unpaired) electrons. The normalized spacial score (nSPS) is 10.8.